The molecule has 0 aliphatic rings. The molecule has 0 amide bonds. The Morgan fingerprint density at radius 1 is 1.31 bits per heavy atom. The summed E-state index contributed by atoms with van der Waals surface area (Å²) in [7, 11) is 1.83. The lowest BCUT2D eigenvalue weighted by Crippen LogP contribution is -1.98. The molecule has 84 valence electrons. The number of nitrogens with two attached hydrogens (primary N) is 1. The highest BCUT2D eigenvalue weighted by Crippen LogP contribution is 2.22. The van der Waals surface area contributed by atoms with E-state index in [1.807, 2.05) is 19.2 Å². The average molecular weight is 236 g/mol. The van der Waals surface area contributed by atoms with Crippen molar-refractivity contribution in [3.05, 3.63) is 29.8 Å². The summed E-state index contributed by atoms with van der Waals surface area (Å²) in [5.74, 6) is 1.46. The molecule has 0 aliphatic heterocycles. The fourth-order valence-electron chi connectivity index (χ4n) is 1.19. The summed E-state index contributed by atoms with van der Waals surface area (Å²) in [5, 5.41) is 17.6. The number of nitrogens with zero attached hydrogens (tertiary/aromatic N) is 3. The summed E-state index contributed by atoms with van der Waals surface area (Å²) in [5.41, 5.74) is 6.69. The van der Waals surface area contributed by atoms with Crippen molar-refractivity contribution in [2.45, 2.75) is 10.9 Å². The monoisotopic (exact) mass is 236 g/mol. The Balaban J connectivity index is 2.02. The second-order valence-electron chi connectivity index (χ2n) is 3.35. The number of benzene rings is 1. The number of hydrogen-bond acceptors (Lipinski definition) is 5. The Hall–Kier alpha value is -1.69. The van der Waals surface area contributed by atoms with E-state index in [1.165, 1.54) is 0 Å². The first-order chi connectivity index (χ1) is 7.66. The molecule has 0 bridgehead atoms. The van der Waals surface area contributed by atoms with Gasteiger partial charge in [0.1, 0.15) is 5.75 Å². The number of phenols is 1. The molecule has 0 atom stereocenters. The van der Waals surface area contributed by atoms with E-state index in [0.717, 1.165) is 16.5 Å². The maximum Gasteiger partial charge on any atom is 0.222 e. The van der Waals surface area contributed by atoms with Crippen LogP contribution in [0.15, 0.2) is 29.4 Å². The van der Waals surface area contributed by atoms with E-state index in [1.54, 1.807) is 28.5 Å². The third-order valence-electron chi connectivity index (χ3n) is 2.17. The van der Waals surface area contributed by atoms with Gasteiger partial charge in [0.05, 0.1) is 0 Å². The smallest absolute Gasteiger partial charge is 0.222 e. The van der Waals surface area contributed by atoms with Crippen molar-refractivity contribution in [1.82, 2.24) is 14.8 Å². The summed E-state index contributed by atoms with van der Waals surface area (Å²) in [4.78, 5) is 0. The quantitative estimate of drug-likeness (QED) is 0.788. The molecule has 0 fully saturated rings. The van der Waals surface area contributed by atoms with Crippen molar-refractivity contribution >= 4 is 17.7 Å². The standard InChI is InChI=1S/C10H12N4OS/c1-14-9(11)12-13-10(14)16-6-7-2-4-8(15)5-3-7/h2-5,15H,6H2,1H3,(H2,11,12). The van der Waals surface area contributed by atoms with Crippen LogP contribution in [-0.2, 0) is 12.8 Å². The topological polar surface area (TPSA) is 77.0 Å². The molecule has 16 heavy (non-hydrogen) atoms. The highest BCUT2D eigenvalue weighted by molar-refractivity contribution is 7.98. The summed E-state index contributed by atoms with van der Waals surface area (Å²) in [6.07, 6.45) is 0. The van der Waals surface area contributed by atoms with Crippen LogP contribution in [0.4, 0.5) is 5.95 Å². The van der Waals surface area contributed by atoms with Crippen LogP contribution in [0.3, 0.4) is 0 Å². The van der Waals surface area contributed by atoms with E-state index in [0.29, 0.717) is 5.95 Å². The van der Waals surface area contributed by atoms with Crippen molar-refractivity contribution < 1.29 is 5.11 Å². The van der Waals surface area contributed by atoms with Gasteiger partial charge >= 0.3 is 0 Å². The molecule has 5 nitrogen and oxygen atoms in total. The first-order valence-corrected chi connectivity index (χ1v) is 5.71. The number of thioether (sulfide) groups is 1. The lowest BCUT2D eigenvalue weighted by atomic mass is 10.2. The first kappa shape index (κ1) is 10.8. The molecule has 2 rings (SSSR count). The largest absolute Gasteiger partial charge is 0.508 e. The van der Waals surface area contributed by atoms with Crippen LogP contribution in [-0.4, -0.2) is 19.9 Å². The van der Waals surface area contributed by atoms with E-state index in [4.69, 9.17) is 10.8 Å². The Kier molecular flexibility index (Phi) is 3.00. The molecule has 2 aromatic rings. The second-order valence-corrected chi connectivity index (χ2v) is 4.30. The van der Waals surface area contributed by atoms with Crippen LogP contribution < -0.4 is 5.73 Å². The number of aromatic nitrogens is 3. The fourth-order valence-corrected chi connectivity index (χ4v) is 2.07. The minimum absolute atomic E-state index is 0.275. The van der Waals surface area contributed by atoms with Gasteiger partial charge < -0.3 is 10.8 Å². The van der Waals surface area contributed by atoms with Gasteiger partial charge in [-0.3, -0.25) is 4.57 Å². The third-order valence-corrected chi connectivity index (χ3v) is 3.26. The van der Waals surface area contributed by atoms with Crippen LogP contribution in [0.2, 0.25) is 0 Å². The van der Waals surface area contributed by atoms with Crippen LogP contribution in [0.5, 0.6) is 5.75 Å². The van der Waals surface area contributed by atoms with E-state index in [-0.39, 0.29) is 5.75 Å². The Labute approximate surface area is 97.3 Å². The molecule has 0 radical (unpaired) electrons. The van der Waals surface area contributed by atoms with E-state index in [9.17, 15) is 0 Å². The highest BCUT2D eigenvalue weighted by atomic mass is 32.2. The molecule has 0 unspecified atom stereocenters. The predicted molar refractivity (Wildman–Crippen MR) is 63.1 cm³/mol. The number of rotatable bonds is 3. The maximum absolute atomic E-state index is 9.14. The minimum atomic E-state index is 0.275. The molecule has 0 saturated heterocycles. The van der Waals surface area contributed by atoms with Gasteiger partial charge in [-0.05, 0) is 17.7 Å². The summed E-state index contributed by atoms with van der Waals surface area (Å²) in [6.45, 7) is 0. The molecule has 0 aliphatic carbocycles. The molecule has 0 saturated carbocycles. The van der Waals surface area contributed by atoms with Gasteiger partial charge in [-0.15, -0.1) is 10.2 Å². The fraction of sp³-hybridized carbons (Fsp3) is 0.200. The second kappa shape index (κ2) is 4.44. The molecule has 6 heteroatoms. The number of nitrogen functional groups attached to an aromatic ring is 1. The molecular formula is C10H12N4OS. The molecule has 0 spiro atoms. The summed E-state index contributed by atoms with van der Waals surface area (Å²) in [6, 6.07) is 7.09. The summed E-state index contributed by atoms with van der Waals surface area (Å²) < 4.78 is 1.74. The van der Waals surface area contributed by atoms with Crippen LogP contribution in [0.1, 0.15) is 5.56 Å². The predicted octanol–water partition coefficient (Wildman–Crippen LogP) is 1.40. The van der Waals surface area contributed by atoms with Crippen molar-refractivity contribution in [3.8, 4) is 5.75 Å². The normalized spacial score (nSPS) is 10.6. The van der Waals surface area contributed by atoms with E-state index < -0.39 is 0 Å². The van der Waals surface area contributed by atoms with E-state index in [2.05, 4.69) is 10.2 Å². The van der Waals surface area contributed by atoms with Crippen molar-refractivity contribution in [3.63, 3.8) is 0 Å². The van der Waals surface area contributed by atoms with Gasteiger partial charge in [-0.25, -0.2) is 0 Å². The molecular weight excluding hydrogens is 224 g/mol. The lowest BCUT2D eigenvalue weighted by molar-refractivity contribution is 0.475. The maximum atomic E-state index is 9.14. The number of hydrogen-bond donors (Lipinski definition) is 2. The zero-order chi connectivity index (χ0) is 11.5. The van der Waals surface area contributed by atoms with Crippen LogP contribution in [0, 0.1) is 0 Å². The minimum Gasteiger partial charge on any atom is -0.508 e. The summed E-state index contributed by atoms with van der Waals surface area (Å²) >= 11 is 1.55. The van der Waals surface area contributed by atoms with Gasteiger partial charge in [0.2, 0.25) is 5.95 Å². The third kappa shape index (κ3) is 2.27. The van der Waals surface area contributed by atoms with Gasteiger partial charge in [0, 0.05) is 12.8 Å². The number of phenolic OH excluding ortho intramolecular Hbond substituents is 1. The van der Waals surface area contributed by atoms with Gasteiger partial charge in [-0.1, -0.05) is 23.9 Å². The number of anilines is 1. The van der Waals surface area contributed by atoms with Crippen molar-refractivity contribution in [2.24, 2.45) is 7.05 Å². The van der Waals surface area contributed by atoms with E-state index >= 15 is 0 Å². The van der Waals surface area contributed by atoms with Crippen LogP contribution >= 0.6 is 11.8 Å². The van der Waals surface area contributed by atoms with Gasteiger partial charge in [0.15, 0.2) is 5.16 Å². The Bertz CT molecular complexity index is 480. The first-order valence-electron chi connectivity index (χ1n) is 4.72. The van der Waals surface area contributed by atoms with Crippen molar-refractivity contribution in [1.29, 1.82) is 0 Å². The number of aromatic hydroxyl groups is 1. The van der Waals surface area contributed by atoms with Gasteiger partial charge in [0.25, 0.3) is 0 Å². The molecule has 1 aromatic heterocycles. The Morgan fingerprint density at radius 3 is 2.56 bits per heavy atom. The van der Waals surface area contributed by atoms with Crippen molar-refractivity contribution in [2.75, 3.05) is 5.73 Å². The van der Waals surface area contributed by atoms with Crippen LogP contribution in [0.25, 0.3) is 0 Å². The highest BCUT2D eigenvalue weighted by Gasteiger charge is 2.05. The zero-order valence-electron chi connectivity index (χ0n) is 8.79. The molecule has 1 aromatic carbocycles. The lowest BCUT2D eigenvalue weighted by Gasteiger charge is -2.01. The molecule has 1 heterocycles. The average Bonchev–Trinajstić information content (AvgIpc) is 2.60. The molecule has 3 N–H and O–H groups in total. The Morgan fingerprint density at radius 2 is 2.00 bits per heavy atom. The SMILES string of the molecule is Cn1c(N)nnc1SCc1ccc(O)cc1. The van der Waals surface area contributed by atoms with Gasteiger partial charge in [-0.2, -0.15) is 0 Å². The zero-order valence-corrected chi connectivity index (χ0v) is 9.61.